The molecule has 1 aliphatic rings. The molecule has 174 valence electrons. The van der Waals surface area contributed by atoms with Crippen LogP contribution in [-0.4, -0.2) is 55.3 Å². The van der Waals surface area contributed by atoms with Crippen LogP contribution in [0.2, 0.25) is 5.02 Å². The second kappa shape index (κ2) is 10.0. The van der Waals surface area contributed by atoms with Gasteiger partial charge in [0.1, 0.15) is 4.90 Å². The van der Waals surface area contributed by atoms with Crippen molar-refractivity contribution in [3.8, 4) is 5.69 Å². The number of rotatable bonds is 8. The largest absolute Gasteiger partial charge is 0.377 e. The lowest BCUT2D eigenvalue weighted by Gasteiger charge is -2.17. The quantitative estimate of drug-likeness (QED) is 0.525. The number of amides is 1. The first-order valence-corrected chi connectivity index (χ1v) is 12.4. The zero-order valence-electron chi connectivity index (χ0n) is 18.1. The number of nitrogens with one attached hydrogen (secondary N) is 1. The van der Waals surface area contributed by atoms with E-state index in [9.17, 15) is 13.2 Å². The van der Waals surface area contributed by atoms with Crippen LogP contribution in [0.5, 0.6) is 0 Å². The Balaban J connectivity index is 1.46. The first kappa shape index (κ1) is 23.4. The summed E-state index contributed by atoms with van der Waals surface area (Å²) in [6.45, 7) is 1.11. The maximum atomic E-state index is 13.0. The summed E-state index contributed by atoms with van der Waals surface area (Å²) in [5.41, 5.74) is 1.99. The molecule has 0 saturated carbocycles. The van der Waals surface area contributed by atoms with E-state index in [2.05, 4.69) is 9.82 Å². The van der Waals surface area contributed by atoms with Crippen LogP contribution in [0.4, 0.5) is 0 Å². The van der Waals surface area contributed by atoms with Gasteiger partial charge < -0.3 is 9.64 Å². The predicted octanol–water partition coefficient (Wildman–Crippen LogP) is 3.26. The summed E-state index contributed by atoms with van der Waals surface area (Å²) < 4.78 is 35.3. The van der Waals surface area contributed by atoms with Gasteiger partial charge in [-0.15, -0.1) is 0 Å². The molecule has 1 aromatic heterocycles. The number of hydrogen-bond acceptors (Lipinski definition) is 5. The highest BCUT2D eigenvalue weighted by molar-refractivity contribution is 7.89. The Labute approximate surface area is 198 Å². The number of ether oxygens (including phenoxy) is 1. The first-order chi connectivity index (χ1) is 15.8. The second-order valence-electron chi connectivity index (χ2n) is 7.92. The monoisotopic (exact) mass is 488 g/mol. The molecule has 1 N–H and O–H groups in total. The van der Waals surface area contributed by atoms with E-state index in [-0.39, 0.29) is 34.0 Å². The van der Waals surface area contributed by atoms with Gasteiger partial charge in [-0.05, 0) is 43.2 Å². The lowest BCUT2D eigenvalue weighted by molar-refractivity contribution is 0.0785. The Morgan fingerprint density at radius 2 is 2.06 bits per heavy atom. The van der Waals surface area contributed by atoms with E-state index < -0.39 is 10.0 Å². The third-order valence-electron chi connectivity index (χ3n) is 5.42. The summed E-state index contributed by atoms with van der Waals surface area (Å²) in [6.07, 6.45) is 5.12. The average Bonchev–Trinajstić information content (AvgIpc) is 3.50. The minimum atomic E-state index is -3.89. The summed E-state index contributed by atoms with van der Waals surface area (Å²) in [6, 6.07) is 13.9. The van der Waals surface area contributed by atoms with Crippen LogP contribution < -0.4 is 4.72 Å². The Morgan fingerprint density at radius 3 is 2.79 bits per heavy atom. The van der Waals surface area contributed by atoms with E-state index in [1.165, 1.54) is 23.1 Å². The van der Waals surface area contributed by atoms with Crippen molar-refractivity contribution in [2.45, 2.75) is 30.4 Å². The Bertz CT molecular complexity index is 1220. The highest BCUT2D eigenvalue weighted by atomic mass is 35.5. The van der Waals surface area contributed by atoms with E-state index in [1.807, 2.05) is 36.5 Å². The van der Waals surface area contributed by atoms with E-state index in [4.69, 9.17) is 16.3 Å². The van der Waals surface area contributed by atoms with E-state index in [0.29, 0.717) is 13.2 Å². The molecule has 1 atom stereocenters. The van der Waals surface area contributed by atoms with Crippen molar-refractivity contribution in [3.05, 3.63) is 77.1 Å². The Hall–Kier alpha value is -2.72. The molecule has 8 nitrogen and oxygen atoms in total. The number of hydrogen-bond donors (Lipinski definition) is 1. The molecule has 33 heavy (non-hydrogen) atoms. The van der Waals surface area contributed by atoms with Crippen LogP contribution in [0.1, 0.15) is 28.8 Å². The molecular weight excluding hydrogens is 464 g/mol. The molecule has 0 bridgehead atoms. The van der Waals surface area contributed by atoms with Crippen molar-refractivity contribution in [2.75, 3.05) is 20.2 Å². The lowest BCUT2D eigenvalue weighted by atomic mass is 10.2. The molecule has 1 saturated heterocycles. The number of aromatic nitrogens is 2. The smallest absolute Gasteiger partial charge is 0.253 e. The van der Waals surface area contributed by atoms with Crippen molar-refractivity contribution in [1.29, 1.82) is 0 Å². The highest BCUT2D eigenvalue weighted by Gasteiger charge is 2.24. The molecule has 1 fully saturated rings. The van der Waals surface area contributed by atoms with Crippen LogP contribution >= 0.6 is 11.6 Å². The van der Waals surface area contributed by atoms with Crippen molar-refractivity contribution >= 4 is 27.5 Å². The summed E-state index contributed by atoms with van der Waals surface area (Å²) in [7, 11) is -2.24. The normalized spacial score (nSPS) is 16.1. The topological polar surface area (TPSA) is 93.5 Å². The average molecular weight is 489 g/mol. The molecule has 0 spiro atoms. The third-order valence-corrected chi connectivity index (χ3v) is 7.32. The molecular formula is C23H25ClN4O4S. The number of carbonyl (C=O) groups excluding carboxylic acids is 1. The van der Waals surface area contributed by atoms with Gasteiger partial charge in [0.15, 0.2) is 0 Å². The van der Waals surface area contributed by atoms with Gasteiger partial charge in [-0.1, -0.05) is 29.8 Å². The number of benzene rings is 2. The van der Waals surface area contributed by atoms with Gasteiger partial charge in [0.2, 0.25) is 10.0 Å². The zero-order valence-corrected chi connectivity index (χ0v) is 19.7. The fourth-order valence-corrected chi connectivity index (χ4v) is 5.25. The number of halogens is 1. The number of nitrogens with zero attached hydrogens (tertiary/aromatic N) is 3. The van der Waals surface area contributed by atoms with Crippen molar-refractivity contribution < 1.29 is 17.9 Å². The lowest BCUT2D eigenvalue weighted by Crippen LogP contribution is -2.32. The van der Waals surface area contributed by atoms with Crippen LogP contribution in [0.3, 0.4) is 0 Å². The van der Waals surface area contributed by atoms with E-state index in [0.717, 1.165) is 24.1 Å². The van der Waals surface area contributed by atoms with Gasteiger partial charge >= 0.3 is 0 Å². The van der Waals surface area contributed by atoms with Crippen LogP contribution in [0, 0.1) is 0 Å². The summed E-state index contributed by atoms with van der Waals surface area (Å²) in [5.74, 6) is -0.324. The molecule has 3 aromatic rings. The van der Waals surface area contributed by atoms with Crippen LogP contribution in [0.15, 0.2) is 65.8 Å². The zero-order chi connectivity index (χ0) is 23.4. The summed E-state index contributed by atoms with van der Waals surface area (Å²) in [4.78, 5) is 14.4. The fourth-order valence-electron chi connectivity index (χ4n) is 3.66. The molecule has 10 heteroatoms. The van der Waals surface area contributed by atoms with Gasteiger partial charge in [-0.2, -0.15) is 5.10 Å². The minimum Gasteiger partial charge on any atom is -0.377 e. The third kappa shape index (κ3) is 5.62. The number of sulfonamides is 1. The molecule has 0 radical (unpaired) electrons. The molecule has 4 rings (SSSR count). The fraction of sp³-hybridized carbons (Fsp3) is 0.304. The second-order valence-corrected chi connectivity index (χ2v) is 10.1. The summed E-state index contributed by atoms with van der Waals surface area (Å²) in [5, 5.41) is 4.40. The molecule has 2 heterocycles. The van der Waals surface area contributed by atoms with Gasteiger partial charge in [-0.25, -0.2) is 17.8 Å². The van der Waals surface area contributed by atoms with Crippen molar-refractivity contribution in [1.82, 2.24) is 19.4 Å². The van der Waals surface area contributed by atoms with Crippen molar-refractivity contribution in [2.24, 2.45) is 0 Å². The molecule has 2 aromatic carbocycles. The van der Waals surface area contributed by atoms with Gasteiger partial charge in [0.05, 0.1) is 23.0 Å². The molecule has 0 unspecified atom stereocenters. The molecule has 1 amide bonds. The maximum Gasteiger partial charge on any atom is 0.253 e. The summed E-state index contributed by atoms with van der Waals surface area (Å²) >= 11 is 6.16. The van der Waals surface area contributed by atoms with Crippen molar-refractivity contribution in [3.63, 3.8) is 0 Å². The highest BCUT2D eigenvalue weighted by Crippen LogP contribution is 2.24. The predicted molar refractivity (Wildman–Crippen MR) is 125 cm³/mol. The van der Waals surface area contributed by atoms with E-state index in [1.54, 1.807) is 17.9 Å². The van der Waals surface area contributed by atoms with Gasteiger partial charge in [-0.3, -0.25) is 4.79 Å². The van der Waals surface area contributed by atoms with Gasteiger partial charge in [0, 0.05) is 44.1 Å². The maximum absolute atomic E-state index is 13.0. The Morgan fingerprint density at radius 1 is 1.27 bits per heavy atom. The number of carbonyl (C=O) groups is 1. The van der Waals surface area contributed by atoms with E-state index >= 15 is 0 Å². The molecule has 1 aliphatic heterocycles. The minimum absolute atomic E-state index is 0.0539. The van der Waals surface area contributed by atoms with Gasteiger partial charge in [0.25, 0.3) is 5.91 Å². The van der Waals surface area contributed by atoms with Crippen LogP contribution in [0.25, 0.3) is 5.69 Å². The first-order valence-electron chi connectivity index (χ1n) is 10.6. The number of para-hydroxylation sites is 1. The Kier molecular flexibility index (Phi) is 7.14. The standard InChI is InChI=1S/C23H25ClN4O4S/c1-27(15-17-13-25-28(16-17)19-6-3-2-4-7-19)23(29)18-9-10-21(24)22(12-18)33(30,31)26-14-20-8-5-11-32-20/h2-4,6-7,9-10,12-13,16,20,26H,5,8,11,14-15H2,1H3/t20-/m1/s1. The van der Waals surface area contributed by atoms with Crippen LogP contribution in [-0.2, 0) is 21.3 Å². The molecule has 0 aliphatic carbocycles. The SMILES string of the molecule is CN(Cc1cnn(-c2ccccc2)c1)C(=O)c1ccc(Cl)c(S(=O)(=O)NC[C@H]2CCCO2)c1.